The zero-order chi connectivity index (χ0) is 13.4. The van der Waals surface area contributed by atoms with Crippen LogP contribution in [0.25, 0.3) is 0 Å². The van der Waals surface area contributed by atoms with Gasteiger partial charge < -0.3 is 0 Å². The molecule has 0 atom stereocenters. The van der Waals surface area contributed by atoms with E-state index < -0.39 is 19.8 Å². The van der Waals surface area contributed by atoms with Gasteiger partial charge in [0.2, 0.25) is 0 Å². The van der Waals surface area contributed by atoms with Crippen LogP contribution in [0.3, 0.4) is 0 Å². The summed E-state index contributed by atoms with van der Waals surface area (Å²) in [7, 11) is 1.27. The summed E-state index contributed by atoms with van der Waals surface area (Å²) in [5.74, 6) is 0. The quantitative estimate of drug-likeness (QED) is 0.386. The van der Waals surface area contributed by atoms with Crippen molar-refractivity contribution in [2.75, 3.05) is 0 Å². The van der Waals surface area contributed by atoms with Gasteiger partial charge in [-0.1, -0.05) is 6.08 Å². The fourth-order valence-electron chi connectivity index (χ4n) is 1.66. The summed E-state index contributed by atoms with van der Waals surface area (Å²) in [5.41, 5.74) is 0. The Morgan fingerprint density at radius 3 is 1.35 bits per heavy atom. The molecular weight excluding hydrogens is 327 g/mol. The Balaban J connectivity index is 0. The van der Waals surface area contributed by atoms with Crippen LogP contribution in [0.1, 0.15) is 59.3 Å². The number of allylic oxidation sites excluding steroid dienone is 1. The number of rotatable bonds is 10. The third-order valence-electron chi connectivity index (χ3n) is 2.94. The number of hydrogen-bond acceptors (Lipinski definition) is 0. The van der Waals surface area contributed by atoms with E-state index in [4.69, 9.17) is 0 Å². The van der Waals surface area contributed by atoms with Crippen LogP contribution in [0, 0.1) is 0 Å². The van der Waals surface area contributed by atoms with E-state index in [0.29, 0.717) is 0 Å². The molecule has 0 N–H and O–H groups in total. The second kappa shape index (κ2) is 19.1. The SMILES string of the molecule is C=CC[SiH3].CCC[CH2][Sn]([CH2]CCC)[CH2]CCC. The average Bonchev–Trinajstić information content (AvgIpc) is 2.38. The Morgan fingerprint density at radius 2 is 1.18 bits per heavy atom. The Labute approximate surface area is 121 Å². The summed E-state index contributed by atoms with van der Waals surface area (Å²) < 4.78 is 5.04. The molecule has 0 saturated heterocycles. The zero-order valence-corrected chi connectivity index (χ0v) is 17.7. The van der Waals surface area contributed by atoms with E-state index in [1.165, 1.54) is 54.8 Å². The standard InChI is InChI=1S/3C4H9.C3H8Si.Sn/c3*1-3-4-2;1-2-3-4;/h3*1,3-4H2,2H3;2H,1,3H2,4H3;. The van der Waals surface area contributed by atoms with Gasteiger partial charge in [0, 0.05) is 10.2 Å². The van der Waals surface area contributed by atoms with E-state index in [1.807, 2.05) is 6.08 Å². The molecule has 0 amide bonds. The predicted octanol–water partition coefficient (Wildman–Crippen LogP) is 4.84. The molecule has 0 heterocycles. The summed E-state index contributed by atoms with van der Waals surface area (Å²) in [6.07, 6.45) is 10.8. The minimum atomic E-state index is -0.839. The van der Waals surface area contributed by atoms with Crippen molar-refractivity contribution in [3.05, 3.63) is 12.7 Å². The first-order chi connectivity index (χ1) is 8.26. The van der Waals surface area contributed by atoms with Gasteiger partial charge in [-0.2, -0.15) is 0 Å². The van der Waals surface area contributed by atoms with Gasteiger partial charge in [0.25, 0.3) is 0 Å². The molecule has 0 aromatic rings. The summed E-state index contributed by atoms with van der Waals surface area (Å²) in [6.45, 7) is 10.5. The van der Waals surface area contributed by atoms with Crippen molar-refractivity contribution in [3.8, 4) is 0 Å². The Morgan fingerprint density at radius 1 is 0.882 bits per heavy atom. The molecule has 0 saturated carbocycles. The van der Waals surface area contributed by atoms with Crippen LogP contribution < -0.4 is 0 Å². The van der Waals surface area contributed by atoms with Crippen molar-refractivity contribution in [1.29, 1.82) is 0 Å². The minimum absolute atomic E-state index is 0.839. The zero-order valence-electron chi connectivity index (χ0n) is 12.9. The van der Waals surface area contributed by atoms with E-state index >= 15 is 0 Å². The Kier molecular flexibility index (Phi) is 22.6. The molecule has 0 unspecified atom stereocenters. The fourth-order valence-corrected chi connectivity index (χ4v) is 11.1. The molecule has 0 aliphatic carbocycles. The topological polar surface area (TPSA) is 0 Å². The maximum absolute atomic E-state index is 3.51. The van der Waals surface area contributed by atoms with Crippen molar-refractivity contribution >= 4 is 30.0 Å². The van der Waals surface area contributed by atoms with Crippen molar-refractivity contribution < 1.29 is 0 Å². The van der Waals surface area contributed by atoms with Crippen molar-refractivity contribution in [3.63, 3.8) is 0 Å². The summed E-state index contributed by atoms with van der Waals surface area (Å²) in [5, 5.41) is 0. The van der Waals surface area contributed by atoms with E-state index in [-0.39, 0.29) is 0 Å². The normalized spacial score (nSPS) is 10.1. The molecule has 0 fully saturated rings. The molecule has 0 aromatic carbocycles. The van der Waals surface area contributed by atoms with Crippen molar-refractivity contribution in [1.82, 2.24) is 0 Å². The van der Waals surface area contributed by atoms with Gasteiger partial charge in [-0.25, -0.2) is 0 Å². The summed E-state index contributed by atoms with van der Waals surface area (Å²) in [6, 6.07) is 1.22. The van der Waals surface area contributed by atoms with Gasteiger partial charge in [0.15, 0.2) is 0 Å². The van der Waals surface area contributed by atoms with Crippen LogP contribution in [-0.2, 0) is 0 Å². The van der Waals surface area contributed by atoms with Gasteiger partial charge in [-0.3, -0.25) is 0 Å². The van der Waals surface area contributed by atoms with Crippen LogP contribution in [0.15, 0.2) is 12.7 Å². The van der Waals surface area contributed by atoms with Crippen LogP contribution in [0.5, 0.6) is 0 Å². The molecule has 0 nitrogen and oxygen atoms in total. The molecule has 0 rings (SSSR count). The number of hydrogen-bond donors (Lipinski definition) is 0. The van der Waals surface area contributed by atoms with E-state index in [2.05, 4.69) is 27.4 Å². The molecule has 17 heavy (non-hydrogen) atoms. The van der Waals surface area contributed by atoms with Gasteiger partial charge in [0.05, 0.1) is 0 Å². The van der Waals surface area contributed by atoms with Crippen molar-refractivity contribution in [2.45, 2.75) is 78.7 Å². The first-order valence-corrected chi connectivity index (χ1v) is 15.2. The third-order valence-corrected chi connectivity index (χ3v) is 12.6. The molecule has 0 bridgehead atoms. The summed E-state index contributed by atoms with van der Waals surface area (Å²) in [4.78, 5) is 0. The Hall–Kier alpha value is 0.756. The molecule has 0 spiro atoms. The fraction of sp³-hybridized carbons (Fsp3) is 0.867. The third kappa shape index (κ3) is 19.3. The molecule has 1 radical (unpaired) electrons. The molecule has 2 heteroatoms. The van der Waals surface area contributed by atoms with E-state index in [0.717, 1.165) is 0 Å². The van der Waals surface area contributed by atoms with E-state index in [1.54, 1.807) is 13.3 Å². The number of unbranched alkanes of at least 4 members (excludes halogenated alkanes) is 3. The van der Waals surface area contributed by atoms with Crippen LogP contribution in [0.4, 0.5) is 0 Å². The van der Waals surface area contributed by atoms with Crippen molar-refractivity contribution in [2.24, 2.45) is 0 Å². The molecule has 103 valence electrons. The predicted molar refractivity (Wildman–Crippen MR) is 89.8 cm³/mol. The van der Waals surface area contributed by atoms with E-state index in [9.17, 15) is 0 Å². The van der Waals surface area contributed by atoms with Gasteiger partial charge >= 0.3 is 92.4 Å². The first kappa shape index (κ1) is 20.1. The molecule has 0 aliphatic heterocycles. The average molecular weight is 362 g/mol. The first-order valence-electron chi connectivity index (χ1n) is 7.71. The summed E-state index contributed by atoms with van der Waals surface area (Å²) >= 11 is -0.839. The van der Waals surface area contributed by atoms with Gasteiger partial charge in [-0.05, 0) is 6.04 Å². The molecule has 0 aromatic heterocycles. The van der Waals surface area contributed by atoms with Gasteiger partial charge in [-0.15, -0.1) is 6.58 Å². The van der Waals surface area contributed by atoms with Crippen LogP contribution in [-0.4, -0.2) is 30.0 Å². The second-order valence-corrected chi connectivity index (χ2v) is 14.1. The molecule has 0 aliphatic rings. The second-order valence-electron chi connectivity index (χ2n) is 4.76. The van der Waals surface area contributed by atoms with Crippen LogP contribution >= 0.6 is 0 Å². The van der Waals surface area contributed by atoms with Crippen LogP contribution in [0.2, 0.25) is 19.4 Å². The Bertz CT molecular complexity index is 118. The molecular formula is C15H35SiSn. The maximum atomic E-state index is 3.51. The monoisotopic (exact) mass is 363 g/mol. The van der Waals surface area contributed by atoms with Gasteiger partial charge in [0.1, 0.15) is 0 Å².